The van der Waals surface area contributed by atoms with E-state index in [1.54, 1.807) is 0 Å². The Labute approximate surface area is 227 Å². The lowest BCUT2D eigenvalue weighted by molar-refractivity contribution is 0.494. The van der Waals surface area contributed by atoms with E-state index in [-0.39, 0.29) is 5.92 Å². The molecule has 0 amide bonds. The van der Waals surface area contributed by atoms with E-state index in [1.165, 1.54) is 32.3 Å². The number of hydrogen-bond acceptors (Lipinski definition) is 1. The zero-order chi connectivity index (χ0) is 26.0. The third-order valence-corrected chi connectivity index (χ3v) is 10.8. The Bertz CT molecular complexity index is 1370. The smallest absolute Gasteiger partial charge is 0.346 e. The van der Waals surface area contributed by atoms with Gasteiger partial charge < -0.3 is 4.43 Å². The quantitative estimate of drug-likeness (QED) is 0.118. The summed E-state index contributed by atoms with van der Waals surface area (Å²) in [7, 11) is -2.81. The van der Waals surface area contributed by atoms with Crippen LogP contribution in [0.25, 0.3) is 6.08 Å². The van der Waals surface area contributed by atoms with Crippen molar-refractivity contribution in [3.8, 4) is 0 Å². The van der Waals surface area contributed by atoms with Gasteiger partial charge in [0.25, 0.3) is 0 Å². The van der Waals surface area contributed by atoms with E-state index in [0.717, 1.165) is 0 Å². The van der Waals surface area contributed by atoms with Gasteiger partial charge in [-0.1, -0.05) is 163 Å². The van der Waals surface area contributed by atoms with Gasteiger partial charge >= 0.3 is 8.32 Å². The Morgan fingerprint density at radius 2 is 0.947 bits per heavy atom. The first-order valence-electron chi connectivity index (χ1n) is 13.1. The standard InChI is InChI=1S/C36H32OSi/c1-30(29-31-17-7-2-8-18-31)36(32-19-9-3-10-20-32)27-28-37-38(33-21-11-4-12-22-33,34-23-13-5-14-24-34)35-25-15-6-16-26-35/h2-29,36H,1H3/b28-27-,30-29+. The lowest BCUT2D eigenvalue weighted by Gasteiger charge is -2.32. The van der Waals surface area contributed by atoms with Crippen LogP contribution in [0.15, 0.2) is 170 Å². The maximum atomic E-state index is 7.07. The SMILES string of the molecule is C/C(=C\c1ccccc1)C(/C=C\O[Si](c1ccccc1)(c1ccccc1)c1ccccc1)c1ccccc1. The normalized spacial score (nSPS) is 12.8. The highest BCUT2D eigenvalue weighted by Gasteiger charge is 2.43. The second-order valence-electron chi connectivity index (χ2n) is 9.41. The summed E-state index contributed by atoms with van der Waals surface area (Å²) in [6.07, 6.45) is 6.43. The first-order valence-corrected chi connectivity index (χ1v) is 15.0. The lowest BCUT2D eigenvalue weighted by Crippen LogP contribution is -2.68. The van der Waals surface area contributed by atoms with E-state index in [4.69, 9.17) is 4.43 Å². The molecule has 0 aliphatic carbocycles. The van der Waals surface area contributed by atoms with Gasteiger partial charge in [0.05, 0.1) is 6.26 Å². The van der Waals surface area contributed by atoms with Crippen molar-refractivity contribution < 1.29 is 4.43 Å². The molecule has 0 saturated carbocycles. The molecule has 1 atom stereocenters. The zero-order valence-corrected chi connectivity index (χ0v) is 22.7. The largest absolute Gasteiger partial charge is 0.537 e. The molecule has 5 aromatic carbocycles. The number of benzene rings is 5. The summed E-state index contributed by atoms with van der Waals surface area (Å²) in [5.41, 5.74) is 3.69. The van der Waals surface area contributed by atoms with Gasteiger partial charge in [-0.3, -0.25) is 0 Å². The fourth-order valence-electron chi connectivity index (χ4n) is 5.03. The van der Waals surface area contributed by atoms with E-state index >= 15 is 0 Å². The Hall–Kier alpha value is -4.40. The molecule has 0 N–H and O–H groups in total. The minimum atomic E-state index is -2.81. The van der Waals surface area contributed by atoms with Crippen molar-refractivity contribution in [2.24, 2.45) is 0 Å². The van der Waals surface area contributed by atoms with Crippen LogP contribution < -0.4 is 15.6 Å². The van der Waals surface area contributed by atoms with Gasteiger partial charge in [-0.25, -0.2) is 0 Å². The molecule has 0 aliphatic rings. The van der Waals surface area contributed by atoms with Crippen molar-refractivity contribution in [3.63, 3.8) is 0 Å². The van der Waals surface area contributed by atoms with E-state index < -0.39 is 8.32 Å². The molecule has 186 valence electrons. The minimum absolute atomic E-state index is 0.0884. The molecule has 1 nitrogen and oxygen atoms in total. The average Bonchev–Trinajstić information content (AvgIpc) is 3.00. The van der Waals surface area contributed by atoms with Gasteiger partial charge in [-0.15, -0.1) is 0 Å². The van der Waals surface area contributed by atoms with Crippen LogP contribution in [-0.4, -0.2) is 8.32 Å². The van der Waals surface area contributed by atoms with Crippen molar-refractivity contribution in [2.75, 3.05) is 0 Å². The summed E-state index contributed by atoms with van der Waals surface area (Å²) in [5, 5.41) is 3.65. The summed E-state index contributed by atoms with van der Waals surface area (Å²) in [5.74, 6) is 0.0884. The molecule has 1 unspecified atom stereocenters. The van der Waals surface area contributed by atoms with Gasteiger partial charge in [-0.05, 0) is 39.7 Å². The molecule has 0 aliphatic heterocycles. The molecular formula is C36H32OSi. The highest BCUT2D eigenvalue weighted by Crippen LogP contribution is 2.28. The van der Waals surface area contributed by atoms with Gasteiger partial charge in [0.1, 0.15) is 0 Å². The van der Waals surface area contributed by atoms with Crippen LogP contribution >= 0.6 is 0 Å². The highest BCUT2D eigenvalue weighted by molar-refractivity contribution is 7.07. The van der Waals surface area contributed by atoms with Crippen LogP contribution in [0.1, 0.15) is 24.0 Å². The van der Waals surface area contributed by atoms with Crippen molar-refractivity contribution in [1.82, 2.24) is 0 Å². The second-order valence-corrected chi connectivity index (χ2v) is 12.7. The lowest BCUT2D eigenvalue weighted by atomic mass is 9.91. The Kier molecular flexibility index (Phi) is 8.12. The number of hydrogen-bond donors (Lipinski definition) is 0. The van der Waals surface area contributed by atoms with Crippen LogP contribution in [0, 0.1) is 0 Å². The maximum Gasteiger partial charge on any atom is 0.346 e. The second kappa shape index (κ2) is 12.2. The molecule has 38 heavy (non-hydrogen) atoms. The summed E-state index contributed by atoms with van der Waals surface area (Å²) in [4.78, 5) is 0. The molecule has 0 heterocycles. The molecule has 0 fully saturated rings. The highest BCUT2D eigenvalue weighted by atomic mass is 28.4. The molecular weight excluding hydrogens is 476 g/mol. The van der Waals surface area contributed by atoms with Crippen LogP contribution in [0.5, 0.6) is 0 Å². The van der Waals surface area contributed by atoms with Gasteiger partial charge in [0, 0.05) is 5.92 Å². The molecule has 0 spiro atoms. The van der Waals surface area contributed by atoms with Crippen LogP contribution in [0.2, 0.25) is 0 Å². The van der Waals surface area contributed by atoms with Crippen LogP contribution in [0.4, 0.5) is 0 Å². The van der Waals surface area contributed by atoms with E-state index in [1.807, 2.05) is 6.26 Å². The average molecular weight is 509 g/mol. The third kappa shape index (κ3) is 5.61. The van der Waals surface area contributed by atoms with Crippen LogP contribution in [0.3, 0.4) is 0 Å². The number of allylic oxidation sites excluding steroid dienone is 2. The minimum Gasteiger partial charge on any atom is -0.537 e. The van der Waals surface area contributed by atoms with Crippen molar-refractivity contribution in [3.05, 3.63) is 181 Å². The Balaban J connectivity index is 1.60. The van der Waals surface area contributed by atoms with Crippen LogP contribution in [-0.2, 0) is 4.43 Å². The van der Waals surface area contributed by atoms with Gasteiger partial charge in [0.2, 0.25) is 0 Å². The summed E-state index contributed by atoms with van der Waals surface area (Å²) in [6.45, 7) is 2.20. The molecule has 5 rings (SSSR count). The number of rotatable bonds is 9. The molecule has 0 bridgehead atoms. The van der Waals surface area contributed by atoms with E-state index in [9.17, 15) is 0 Å². The molecule has 0 radical (unpaired) electrons. The topological polar surface area (TPSA) is 9.23 Å². The summed E-state index contributed by atoms with van der Waals surface area (Å²) >= 11 is 0. The fraction of sp³-hybridized carbons (Fsp3) is 0.0556. The predicted octanol–water partition coefficient (Wildman–Crippen LogP) is 7.07. The third-order valence-electron chi connectivity index (χ3n) is 6.90. The maximum absolute atomic E-state index is 7.07. The van der Waals surface area contributed by atoms with Gasteiger partial charge in [0.15, 0.2) is 0 Å². The van der Waals surface area contributed by atoms with Crippen molar-refractivity contribution in [1.29, 1.82) is 0 Å². The summed E-state index contributed by atoms with van der Waals surface area (Å²) < 4.78 is 7.07. The molecule has 0 aromatic heterocycles. The molecule has 2 heteroatoms. The molecule has 5 aromatic rings. The van der Waals surface area contributed by atoms with E-state index in [2.05, 4.69) is 171 Å². The zero-order valence-electron chi connectivity index (χ0n) is 21.7. The Morgan fingerprint density at radius 3 is 1.39 bits per heavy atom. The first kappa shape index (κ1) is 25.3. The predicted molar refractivity (Wildman–Crippen MR) is 163 cm³/mol. The summed E-state index contributed by atoms with van der Waals surface area (Å²) in [6, 6.07) is 53.2. The molecule has 0 saturated heterocycles. The van der Waals surface area contributed by atoms with Crippen molar-refractivity contribution in [2.45, 2.75) is 12.8 Å². The first-order chi connectivity index (χ1) is 18.8. The van der Waals surface area contributed by atoms with Crippen molar-refractivity contribution >= 4 is 30.0 Å². The van der Waals surface area contributed by atoms with E-state index in [0.29, 0.717) is 0 Å². The monoisotopic (exact) mass is 508 g/mol. The fourth-order valence-corrected chi connectivity index (χ4v) is 8.71. The van der Waals surface area contributed by atoms with Gasteiger partial charge in [-0.2, -0.15) is 0 Å². The Morgan fingerprint density at radius 1 is 0.553 bits per heavy atom.